The topological polar surface area (TPSA) is 42.3 Å². The highest BCUT2D eigenvalue weighted by Crippen LogP contribution is 2.40. The number of ether oxygens (including phenoxy) is 1. The summed E-state index contributed by atoms with van der Waals surface area (Å²) in [5.41, 5.74) is 3.13. The minimum Gasteiger partial charge on any atom is -0.376 e. The van der Waals surface area contributed by atoms with Crippen LogP contribution in [0.3, 0.4) is 0 Å². The first-order valence-corrected chi connectivity index (χ1v) is 11.0. The Morgan fingerprint density at radius 2 is 2.10 bits per heavy atom. The quantitative estimate of drug-likeness (QED) is 0.586. The zero-order valence-electron chi connectivity index (χ0n) is 16.4. The van der Waals surface area contributed by atoms with Crippen molar-refractivity contribution in [2.24, 2.45) is 0 Å². The summed E-state index contributed by atoms with van der Waals surface area (Å²) in [7, 11) is 0. The number of pyridine rings is 1. The average molecular weight is 439 g/mol. The maximum atomic E-state index is 6.28. The van der Waals surface area contributed by atoms with Crippen molar-refractivity contribution in [2.75, 3.05) is 13.2 Å². The zero-order chi connectivity index (χ0) is 20.5. The van der Waals surface area contributed by atoms with Crippen LogP contribution in [0.25, 0.3) is 5.69 Å². The number of rotatable bonds is 5. The maximum Gasteiger partial charge on any atom is 0.170 e. The summed E-state index contributed by atoms with van der Waals surface area (Å²) in [5.74, 6) is 0. The van der Waals surface area contributed by atoms with Crippen LogP contribution in [0.4, 0.5) is 0 Å². The molecule has 1 N–H and O–H groups in total. The van der Waals surface area contributed by atoms with Gasteiger partial charge in [0.25, 0.3) is 0 Å². The number of nitrogens with zero attached hydrogens (tertiary/aromatic N) is 3. The van der Waals surface area contributed by atoms with Crippen molar-refractivity contribution in [2.45, 2.75) is 31.0 Å². The molecule has 2 aliphatic heterocycles. The number of benzene rings is 1. The van der Waals surface area contributed by atoms with Crippen molar-refractivity contribution >= 4 is 28.9 Å². The Morgan fingerprint density at radius 3 is 2.87 bits per heavy atom. The van der Waals surface area contributed by atoms with Gasteiger partial charge in [-0.15, -0.1) is 0 Å². The van der Waals surface area contributed by atoms with Crippen LogP contribution in [-0.2, 0) is 4.74 Å². The van der Waals surface area contributed by atoms with Gasteiger partial charge in [-0.25, -0.2) is 0 Å². The number of aromatic nitrogens is 2. The Labute approximate surface area is 186 Å². The van der Waals surface area contributed by atoms with Crippen LogP contribution in [0, 0.1) is 0 Å². The van der Waals surface area contributed by atoms with E-state index in [1.807, 2.05) is 36.5 Å². The molecule has 0 radical (unpaired) electrons. The highest BCUT2D eigenvalue weighted by molar-refractivity contribution is 7.80. The van der Waals surface area contributed by atoms with Crippen LogP contribution >= 0.6 is 23.8 Å². The molecule has 2 fully saturated rings. The lowest BCUT2D eigenvalue weighted by atomic mass is 10.0. The van der Waals surface area contributed by atoms with E-state index in [1.165, 1.54) is 0 Å². The lowest BCUT2D eigenvalue weighted by molar-refractivity contribution is 0.0836. The molecular formula is C23H23ClN4OS. The van der Waals surface area contributed by atoms with Crippen LogP contribution < -0.4 is 5.32 Å². The first-order chi connectivity index (χ1) is 14.7. The van der Waals surface area contributed by atoms with Crippen LogP contribution in [0.2, 0.25) is 5.02 Å². The summed E-state index contributed by atoms with van der Waals surface area (Å²) >= 11 is 12.1. The second kappa shape index (κ2) is 8.38. The molecule has 3 aromatic rings. The summed E-state index contributed by atoms with van der Waals surface area (Å²) in [5, 5.41) is 4.98. The van der Waals surface area contributed by atoms with Gasteiger partial charge in [-0.2, -0.15) is 0 Å². The smallest absolute Gasteiger partial charge is 0.170 e. The molecule has 3 atom stereocenters. The van der Waals surface area contributed by atoms with Crippen molar-refractivity contribution < 1.29 is 4.74 Å². The van der Waals surface area contributed by atoms with Gasteiger partial charge in [0.05, 0.1) is 23.9 Å². The molecule has 2 aliphatic rings. The van der Waals surface area contributed by atoms with Crippen LogP contribution in [0.1, 0.15) is 36.3 Å². The molecule has 7 heteroatoms. The molecule has 0 saturated carbocycles. The van der Waals surface area contributed by atoms with Crippen molar-refractivity contribution in [1.82, 2.24) is 19.8 Å². The third-order valence-electron chi connectivity index (χ3n) is 5.79. The molecule has 0 amide bonds. The summed E-state index contributed by atoms with van der Waals surface area (Å²) in [6.45, 7) is 1.59. The molecule has 0 aliphatic carbocycles. The Bertz CT molecular complexity index is 1030. The number of nitrogens with one attached hydrogen (secondary N) is 1. The third kappa shape index (κ3) is 3.71. The highest BCUT2D eigenvalue weighted by Gasteiger charge is 2.42. The first-order valence-electron chi connectivity index (χ1n) is 10.2. The zero-order valence-corrected chi connectivity index (χ0v) is 18.0. The lowest BCUT2D eigenvalue weighted by Crippen LogP contribution is -2.36. The number of halogens is 1. The van der Waals surface area contributed by atoms with Gasteiger partial charge in [0.2, 0.25) is 0 Å². The van der Waals surface area contributed by atoms with Crippen LogP contribution in [0.5, 0.6) is 0 Å². The standard InChI is InChI=1S/C23H23ClN4OS/c24-16-6-3-7-17(14-16)27-12-4-10-20(27)22-21(19-9-1-2-11-25-19)26-23(30)28(22)15-18-8-5-13-29-18/h1-4,6-7,9-12,14,18,21-22H,5,8,13,15H2,(H,26,30)/t18-,21+,22-/m0/s1. The van der Waals surface area contributed by atoms with Gasteiger partial charge in [-0.3, -0.25) is 4.98 Å². The predicted octanol–water partition coefficient (Wildman–Crippen LogP) is 4.68. The molecule has 2 aromatic heterocycles. The SMILES string of the molecule is S=C1N[C@H](c2ccccn2)[C@H](c2cccn2-c2cccc(Cl)c2)N1C[C@@H]1CCCO1. The largest absolute Gasteiger partial charge is 0.376 e. The molecule has 154 valence electrons. The Kier molecular flexibility index (Phi) is 5.46. The van der Waals surface area contributed by atoms with Gasteiger partial charge in [0, 0.05) is 41.9 Å². The predicted molar refractivity (Wildman–Crippen MR) is 122 cm³/mol. The van der Waals surface area contributed by atoms with E-state index in [2.05, 4.69) is 50.2 Å². The number of hydrogen-bond acceptors (Lipinski definition) is 3. The van der Waals surface area contributed by atoms with E-state index in [0.717, 1.165) is 48.2 Å². The van der Waals surface area contributed by atoms with Crippen molar-refractivity contribution in [3.05, 3.63) is 83.4 Å². The lowest BCUT2D eigenvalue weighted by Gasteiger charge is -2.30. The minimum absolute atomic E-state index is 0.00872. The van der Waals surface area contributed by atoms with Crippen LogP contribution in [0.15, 0.2) is 67.0 Å². The average Bonchev–Trinajstić information content (AvgIpc) is 3.50. The fourth-order valence-corrected chi connectivity index (χ4v) is 4.93. The Balaban J connectivity index is 1.57. The molecule has 0 unspecified atom stereocenters. The number of hydrogen-bond donors (Lipinski definition) is 1. The van der Waals surface area contributed by atoms with Gasteiger partial charge >= 0.3 is 0 Å². The van der Waals surface area contributed by atoms with Crippen LogP contribution in [-0.4, -0.2) is 38.8 Å². The first kappa shape index (κ1) is 19.5. The molecule has 5 rings (SSSR count). The summed E-state index contributed by atoms with van der Waals surface area (Å²) < 4.78 is 8.12. The van der Waals surface area contributed by atoms with E-state index in [0.29, 0.717) is 5.02 Å². The van der Waals surface area contributed by atoms with Crippen molar-refractivity contribution in [1.29, 1.82) is 0 Å². The summed E-state index contributed by atoms with van der Waals surface area (Å²) in [4.78, 5) is 6.89. The van der Waals surface area contributed by atoms with E-state index in [1.54, 1.807) is 0 Å². The molecule has 4 heterocycles. The second-order valence-corrected chi connectivity index (χ2v) is 8.52. The van der Waals surface area contributed by atoms with Crippen molar-refractivity contribution in [3.63, 3.8) is 0 Å². The van der Waals surface area contributed by atoms with Gasteiger partial charge in [0.15, 0.2) is 5.11 Å². The van der Waals surface area contributed by atoms with E-state index >= 15 is 0 Å². The Morgan fingerprint density at radius 1 is 1.17 bits per heavy atom. The van der Waals surface area contributed by atoms with Gasteiger partial charge < -0.3 is 19.5 Å². The van der Waals surface area contributed by atoms with Gasteiger partial charge in [0.1, 0.15) is 0 Å². The monoisotopic (exact) mass is 438 g/mol. The van der Waals surface area contributed by atoms with Crippen molar-refractivity contribution in [3.8, 4) is 5.69 Å². The molecular weight excluding hydrogens is 416 g/mol. The maximum absolute atomic E-state index is 6.28. The summed E-state index contributed by atoms with van der Waals surface area (Å²) in [6.07, 6.45) is 6.27. The molecule has 0 spiro atoms. The van der Waals surface area contributed by atoms with E-state index < -0.39 is 0 Å². The van der Waals surface area contributed by atoms with E-state index in [-0.39, 0.29) is 18.2 Å². The fraction of sp³-hybridized carbons (Fsp3) is 0.304. The molecule has 2 saturated heterocycles. The fourth-order valence-electron chi connectivity index (χ4n) is 4.43. The van der Waals surface area contributed by atoms with E-state index in [9.17, 15) is 0 Å². The van der Waals surface area contributed by atoms with Gasteiger partial charge in [-0.1, -0.05) is 23.7 Å². The van der Waals surface area contributed by atoms with Gasteiger partial charge in [-0.05, 0) is 67.5 Å². The minimum atomic E-state index is -0.0482. The Hall–Kier alpha value is -2.41. The molecule has 1 aromatic carbocycles. The number of thiocarbonyl (C=S) groups is 1. The van der Waals surface area contributed by atoms with E-state index in [4.69, 9.17) is 28.6 Å². The molecule has 30 heavy (non-hydrogen) atoms. The normalized spacial score (nSPS) is 23.7. The third-order valence-corrected chi connectivity index (χ3v) is 6.38. The summed E-state index contributed by atoms with van der Waals surface area (Å²) in [6, 6.07) is 18.1. The second-order valence-electron chi connectivity index (χ2n) is 7.70. The molecule has 0 bridgehead atoms. The molecule has 5 nitrogen and oxygen atoms in total. The highest BCUT2D eigenvalue weighted by atomic mass is 35.5.